The number of hydrogen-bond donors (Lipinski definition) is 1. The lowest BCUT2D eigenvalue weighted by Crippen LogP contribution is -2.40. The molecule has 5 nitrogen and oxygen atoms in total. The van der Waals surface area contributed by atoms with Crippen molar-refractivity contribution in [1.29, 1.82) is 0 Å². The number of thiocarbonyl (C=S) groups is 1. The van der Waals surface area contributed by atoms with Gasteiger partial charge in [0.05, 0.1) is 19.8 Å². The smallest absolute Gasteiger partial charge is 0.325 e. The molecule has 1 fully saturated rings. The Morgan fingerprint density at radius 3 is 2.67 bits per heavy atom. The Hall–Kier alpha value is -1.63. The summed E-state index contributed by atoms with van der Waals surface area (Å²) in [6, 6.07) is 7.45. The monoisotopic (exact) mass is 368 g/mol. The van der Waals surface area contributed by atoms with E-state index in [0.717, 1.165) is 29.2 Å². The van der Waals surface area contributed by atoms with Crippen molar-refractivity contribution < 1.29 is 14.3 Å². The van der Waals surface area contributed by atoms with Gasteiger partial charge in [0.15, 0.2) is 0 Å². The van der Waals surface area contributed by atoms with Gasteiger partial charge in [0.25, 0.3) is 0 Å². The average molecular weight is 369 g/mol. The van der Waals surface area contributed by atoms with Gasteiger partial charge in [0.2, 0.25) is 0 Å². The predicted octanol–water partition coefficient (Wildman–Crippen LogP) is 2.49. The van der Waals surface area contributed by atoms with Gasteiger partial charge in [-0.1, -0.05) is 36.0 Å². The summed E-state index contributed by atoms with van der Waals surface area (Å²) in [6.45, 7) is 5.05. The van der Waals surface area contributed by atoms with Gasteiger partial charge in [-0.3, -0.25) is 4.79 Å². The van der Waals surface area contributed by atoms with Crippen LogP contribution in [0.4, 0.5) is 0 Å². The van der Waals surface area contributed by atoms with Crippen LogP contribution in [0.25, 0.3) is 5.57 Å². The zero-order valence-electron chi connectivity index (χ0n) is 13.6. The number of halogens is 1. The number of ether oxygens (including phenoxy) is 2. The van der Waals surface area contributed by atoms with Crippen molar-refractivity contribution in [2.75, 3.05) is 39.5 Å². The normalized spacial score (nSPS) is 15.1. The number of esters is 1. The molecule has 0 aromatic heterocycles. The molecule has 0 bridgehead atoms. The Bertz CT molecular complexity index is 598. The number of carbonyl (C=O) groups excluding carboxylic acids is 1. The highest BCUT2D eigenvalue weighted by atomic mass is 35.5. The van der Waals surface area contributed by atoms with Crippen LogP contribution in [0.15, 0.2) is 30.5 Å². The maximum absolute atomic E-state index is 11.5. The van der Waals surface area contributed by atoms with Crippen molar-refractivity contribution in [3.05, 3.63) is 41.1 Å². The van der Waals surface area contributed by atoms with E-state index >= 15 is 0 Å². The number of nitrogens with one attached hydrogen (secondary N) is 1. The van der Waals surface area contributed by atoms with E-state index < -0.39 is 0 Å². The molecule has 2 rings (SSSR count). The minimum absolute atomic E-state index is 0.0939. The topological polar surface area (TPSA) is 50.8 Å². The molecule has 0 atom stereocenters. The molecule has 24 heavy (non-hydrogen) atoms. The van der Waals surface area contributed by atoms with E-state index in [1.54, 1.807) is 13.1 Å². The Kier molecular flexibility index (Phi) is 7.49. The van der Waals surface area contributed by atoms with Crippen molar-refractivity contribution in [3.63, 3.8) is 0 Å². The van der Waals surface area contributed by atoms with Gasteiger partial charge in [-0.25, -0.2) is 0 Å². The molecular formula is C17H21ClN2O3S. The third-order valence-corrected chi connectivity index (χ3v) is 4.21. The number of nitrogens with zero attached hydrogens (tertiary/aromatic N) is 1. The van der Waals surface area contributed by atoms with E-state index in [1.807, 2.05) is 24.3 Å². The SMILES string of the molecule is CCOC(=O)CN/C=C(/C(=S)N1CCOCC1)c1ccc(Cl)cc1. The quantitative estimate of drug-likeness (QED) is 0.473. The van der Waals surface area contributed by atoms with Gasteiger partial charge >= 0.3 is 5.97 Å². The fourth-order valence-electron chi connectivity index (χ4n) is 2.28. The van der Waals surface area contributed by atoms with E-state index in [4.69, 9.17) is 33.3 Å². The van der Waals surface area contributed by atoms with Crippen molar-refractivity contribution in [1.82, 2.24) is 10.2 Å². The number of benzene rings is 1. The van der Waals surface area contributed by atoms with Gasteiger partial charge in [-0.2, -0.15) is 0 Å². The Balaban J connectivity index is 2.15. The average Bonchev–Trinajstić information content (AvgIpc) is 2.60. The van der Waals surface area contributed by atoms with Gasteiger partial charge in [-0.05, 0) is 24.6 Å². The first-order chi connectivity index (χ1) is 11.6. The third kappa shape index (κ3) is 5.47. The second-order valence-electron chi connectivity index (χ2n) is 5.16. The molecule has 1 heterocycles. The number of hydrogen-bond acceptors (Lipinski definition) is 5. The van der Waals surface area contributed by atoms with Crippen LogP contribution in [0.5, 0.6) is 0 Å². The molecule has 1 N–H and O–H groups in total. The highest BCUT2D eigenvalue weighted by Crippen LogP contribution is 2.21. The highest BCUT2D eigenvalue weighted by Gasteiger charge is 2.18. The summed E-state index contributed by atoms with van der Waals surface area (Å²) >= 11 is 11.6. The largest absolute Gasteiger partial charge is 0.465 e. The number of carbonyl (C=O) groups is 1. The third-order valence-electron chi connectivity index (χ3n) is 3.48. The van der Waals surface area contributed by atoms with E-state index in [-0.39, 0.29) is 12.5 Å². The maximum Gasteiger partial charge on any atom is 0.325 e. The van der Waals surface area contributed by atoms with Gasteiger partial charge in [-0.15, -0.1) is 0 Å². The lowest BCUT2D eigenvalue weighted by atomic mass is 10.1. The van der Waals surface area contributed by atoms with Crippen molar-refractivity contribution in [2.24, 2.45) is 0 Å². The second-order valence-corrected chi connectivity index (χ2v) is 5.98. The zero-order valence-corrected chi connectivity index (χ0v) is 15.2. The molecule has 0 saturated carbocycles. The van der Waals surface area contributed by atoms with Crippen LogP contribution in [0.2, 0.25) is 5.02 Å². The molecule has 0 aliphatic carbocycles. The first-order valence-electron chi connectivity index (χ1n) is 7.84. The summed E-state index contributed by atoms with van der Waals surface area (Å²) in [5.74, 6) is -0.304. The summed E-state index contributed by atoms with van der Waals surface area (Å²) in [6.07, 6.45) is 1.76. The van der Waals surface area contributed by atoms with E-state index in [0.29, 0.717) is 24.8 Å². The molecule has 7 heteroatoms. The first kappa shape index (κ1) is 18.7. The summed E-state index contributed by atoms with van der Waals surface area (Å²) in [4.78, 5) is 14.3. The summed E-state index contributed by atoms with van der Waals surface area (Å²) < 4.78 is 10.3. The van der Waals surface area contributed by atoms with Crippen molar-refractivity contribution in [2.45, 2.75) is 6.92 Å². The highest BCUT2D eigenvalue weighted by molar-refractivity contribution is 7.81. The molecule has 1 aliphatic rings. The van der Waals surface area contributed by atoms with E-state index in [9.17, 15) is 4.79 Å². The Morgan fingerprint density at radius 1 is 1.38 bits per heavy atom. The molecule has 1 aromatic rings. The fraction of sp³-hybridized carbons (Fsp3) is 0.412. The molecule has 1 aliphatic heterocycles. The fourth-order valence-corrected chi connectivity index (χ4v) is 2.77. The van der Waals surface area contributed by atoms with Crippen LogP contribution in [0.1, 0.15) is 12.5 Å². The predicted molar refractivity (Wildman–Crippen MR) is 99.1 cm³/mol. The van der Waals surface area contributed by atoms with Crippen molar-refractivity contribution >= 4 is 40.3 Å². The first-order valence-corrected chi connectivity index (χ1v) is 8.62. The minimum atomic E-state index is -0.304. The lowest BCUT2D eigenvalue weighted by Gasteiger charge is -2.30. The molecule has 1 aromatic carbocycles. The number of morpholine rings is 1. The van der Waals surface area contributed by atoms with Crippen LogP contribution in [0, 0.1) is 0 Å². The minimum Gasteiger partial charge on any atom is -0.465 e. The maximum atomic E-state index is 11.5. The summed E-state index contributed by atoms with van der Waals surface area (Å²) in [5.41, 5.74) is 1.78. The molecule has 1 saturated heterocycles. The Labute approximate surface area is 152 Å². The van der Waals surface area contributed by atoms with Crippen LogP contribution in [0.3, 0.4) is 0 Å². The molecule has 0 unspecified atom stereocenters. The van der Waals surface area contributed by atoms with Crippen LogP contribution in [-0.2, 0) is 14.3 Å². The van der Waals surface area contributed by atoms with E-state index in [2.05, 4.69) is 10.2 Å². The van der Waals surface area contributed by atoms with E-state index in [1.165, 1.54) is 0 Å². The second kappa shape index (κ2) is 9.61. The van der Waals surface area contributed by atoms with Gasteiger partial charge in [0.1, 0.15) is 11.5 Å². The molecule has 130 valence electrons. The molecule has 0 amide bonds. The van der Waals surface area contributed by atoms with Crippen molar-refractivity contribution in [3.8, 4) is 0 Å². The zero-order chi connectivity index (χ0) is 17.4. The Morgan fingerprint density at radius 2 is 2.04 bits per heavy atom. The summed E-state index contributed by atoms with van der Waals surface area (Å²) in [5, 5.41) is 3.65. The van der Waals surface area contributed by atoms with Crippen LogP contribution < -0.4 is 5.32 Å². The molecule has 0 spiro atoms. The van der Waals surface area contributed by atoms with Gasteiger partial charge < -0.3 is 19.7 Å². The van der Waals surface area contributed by atoms with Gasteiger partial charge in [0, 0.05) is 29.9 Å². The lowest BCUT2D eigenvalue weighted by molar-refractivity contribution is -0.141. The molecular weight excluding hydrogens is 348 g/mol. The molecule has 0 radical (unpaired) electrons. The van der Waals surface area contributed by atoms with Crippen LogP contribution in [-0.4, -0.2) is 55.3 Å². The summed E-state index contributed by atoms with van der Waals surface area (Å²) in [7, 11) is 0. The van der Waals surface area contributed by atoms with Crippen LogP contribution >= 0.6 is 23.8 Å². The number of rotatable bonds is 6. The standard InChI is InChI=1S/C17H21ClN2O3S/c1-2-23-16(21)12-19-11-15(13-3-5-14(18)6-4-13)17(24)20-7-9-22-10-8-20/h3-6,11,19H,2,7-10,12H2,1H3/b15-11+.